The van der Waals surface area contributed by atoms with E-state index in [1.165, 1.54) is 4.90 Å². The number of imide groups is 1. The Kier molecular flexibility index (Phi) is 8.98. The van der Waals surface area contributed by atoms with E-state index in [4.69, 9.17) is 30.5 Å². The first-order valence-corrected chi connectivity index (χ1v) is 12.8. The molecule has 2 amide bonds. The molecule has 0 N–H and O–H groups in total. The van der Waals surface area contributed by atoms with Crippen molar-refractivity contribution in [2.24, 2.45) is 0 Å². The van der Waals surface area contributed by atoms with E-state index >= 15 is 0 Å². The van der Waals surface area contributed by atoms with Crippen molar-refractivity contribution < 1.29 is 28.5 Å². The third-order valence-corrected chi connectivity index (χ3v) is 6.70. The fourth-order valence-electron chi connectivity index (χ4n) is 3.60. The largest absolute Gasteiger partial charge is 0.493 e. The van der Waals surface area contributed by atoms with Crippen LogP contribution in [0.1, 0.15) is 18.1 Å². The lowest BCUT2D eigenvalue weighted by Gasteiger charge is -2.14. The number of thioether (sulfide) groups is 1. The van der Waals surface area contributed by atoms with Crippen molar-refractivity contribution >= 4 is 40.6 Å². The molecular formula is C28H26ClNO6S. The zero-order valence-electron chi connectivity index (χ0n) is 20.4. The predicted octanol–water partition coefficient (Wildman–Crippen LogP) is 6.44. The highest BCUT2D eigenvalue weighted by Crippen LogP contribution is 2.35. The van der Waals surface area contributed by atoms with Gasteiger partial charge >= 0.3 is 0 Å². The lowest BCUT2D eigenvalue weighted by molar-refractivity contribution is -0.123. The number of benzene rings is 3. The topological polar surface area (TPSA) is 74.3 Å². The molecule has 0 unspecified atom stereocenters. The van der Waals surface area contributed by atoms with Gasteiger partial charge in [-0.2, -0.15) is 0 Å². The summed E-state index contributed by atoms with van der Waals surface area (Å²) in [6, 6.07) is 20.0. The number of para-hydroxylation sites is 2. The number of amides is 2. The maximum absolute atomic E-state index is 12.9. The number of hydrogen-bond donors (Lipinski definition) is 0. The first kappa shape index (κ1) is 26.4. The van der Waals surface area contributed by atoms with Crippen LogP contribution >= 0.6 is 23.4 Å². The summed E-state index contributed by atoms with van der Waals surface area (Å²) >= 11 is 7.12. The summed E-state index contributed by atoms with van der Waals surface area (Å²) in [4.78, 5) is 26.9. The van der Waals surface area contributed by atoms with Gasteiger partial charge in [0.05, 0.1) is 25.2 Å². The zero-order chi connectivity index (χ0) is 26.2. The number of carbonyl (C=O) groups is 2. The highest BCUT2D eigenvalue weighted by molar-refractivity contribution is 8.18. The third-order valence-electron chi connectivity index (χ3n) is 5.42. The molecule has 1 heterocycles. The SMILES string of the molecule is CCOc1cc(/C=C2\SC(=O)N(CCOc3ccccc3OC)C2=O)ccc1OCc1ccccc1Cl. The Hall–Kier alpha value is -3.62. The molecule has 1 saturated heterocycles. The molecule has 1 fully saturated rings. The number of nitrogens with zero attached hydrogens (tertiary/aromatic N) is 1. The summed E-state index contributed by atoms with van der Waals surface area (Å²) in [5, 5.41) is 0.283. The summed E-state index contributed by atoms with van der Waals surface area (Å²) < 4.78 is 22.7. The van der Waals surface area contributed by atoms with Gasteiger partial charge in [0.15, 0.2) is 23.0 Å². The van der Waals surface area contributed by atoms with Crippen LogP contribution in [0.15, 0.2) is 71.6 Å². The monoisotopic (exact) mass is 539 g/mol. The Morgan fingerprint density at radius 1 is 0.892 bits per heavy atom. The molecule has 3 aromatic rings. The van der Waals surface area contributed by atoms with Gasteiger partial charge in [0.1, 0.15) is 13.2 Å². The molecule has 0 atom stereocenters. The fourth-order valence-corrected chi connectivity index (χ4v) is 4.66. The molecule has 0 saturated carbocycles. The number of rotatable bonds is 11. The molecule has 192 valence electrons. The minimum absolute atomic E-state index is 0.124. The van der Waals surface area contributed by atoms with E-state index < -0.39 is 0 Å². The van der Waals surface area contributed by atoms with E-state index in [1.807, 2.05) is 49.4 Å². The van der Waals surface area contributed by atoms with E-state index in [0.29, 0.717) is 45.1 Å². The van der Waals surface area contributed by atoms with Crippen LogP contribution in [0.5, 0.6) is 23.0 Å². The minimum atomic E-state index is -0.365. The Balaban J connectivity index is 1.42. The molecule has 0 radical (unpaired) electrons. The summed E-state index contributed by atoms with van der Waals surface area (Å²) in [7, 11) is 1.55. The molecule has 3 aromatic carbocycles. The molecule has 0 aliphatic carbocycles. The quantitative estimate of drug-likeness (QED) is 0.259. The van der Waals surface area contributed by atoms with Gasteiger partial charge in [0, 0.05) is 10.6 Å². The number of ether oxygens (including phenoxy) is 4. The van der Waals surface area contributed by atoms with Gasteiger partial charge in [-0.3, -0.25) is 14.5 Å². The highest BCUT2D eigenvalue weighted by atomic mass is 35.5. The number of carbonyl (C=O) groups excluding carboxylic acids is 2. The zero-order valence-corrected chi connectivity index (χ0v) is 22.0. The third kappa shape index (κ3) is 6.58. The van der Waals surface area contributed by atoms with Crippen LogP contribution in [0.2, 0.25) is 5.02 Å². The standard InChI is InChI=1S/C28H26ClNO6S/c1-3-34-25-16-19(12-13-24(25)36-18-20-8-4-5-9-21(20)29)17-26-27(31)30(28(32)37-26)14-15-35-23-11-7-6-10-22(23)33-2/h4-13,16-17H,3,14-15,18H2,1-2H3/b26-17-. The van der Waals surface area contributed by atoms with Crippen LogP contribution in [-0.4, -0.2) is 42.9 Å². The van der Waals surface area contributed by atoms with E-state index in [-0.39, 0.29) is 30.9 Å². The molecule has 1 aliphatic heterocycles. The van der Waals surface area contributed by atoms with Gasteiger partial charge < -0.3 is 18.9 Å². The van der Waals surface area contributed by atoms with Gasteiger partial charge in [-0.1, -0.05) is 48.0 Å². The summed E-state index contributed by atoms with van der Waals surface area (Å²) in [5.74, 6) is 1.86. The molecule has 0 aromatic heterocycles. The molecular weight excluding hydrogens is 514 g/mol. The minimum Gasteiger partial charge on any atom is -0.493 e. The van der Waals surface area contributed by atoms with Crippen molar-refractivity contribution in [3.63, 3.8) is 0 Å². The first-order chi connectivity index (χ1) is 18.0. The van der Waals surface area contributed by atoms with Crippen LogP contribution in [0.25, 0.3) is 6.08 Å². The van der Waals surface area contributed by atoms with Gasteiger partial charge in [-0.25, -0.2) is 0 Å². The van der Waals surface area contributed by atoms with Crippen molar-refractivity contribution in [2.45, 2.75) is 13.5 Å². The summed E-state index contributed by atoms with van der Waals surface area (Å²) in [6.45, 7) is 2.88. The van der Waals surface area contributed by atoms with Gasteiger partial charge in [-0.05, 0) is 60.7 Å². The molecule has 9 heteroatoms. The Morgan fingerprint density at radius 2 is 1.62 bits per heavy atom. The lowest BCUT2D eigenvalue weighted by Crippen LogP contribution is -2.32. The maximum atomic E-state index is 12.9. The fraction of sp³-hybridized carbons (Fsp3) is 0.214. The van der Waals surface area contributed by atoms with Crippen molar-refractivity contribution in [3.8, 4) is 23.0 Å². The van der Waals surface area contributed by atoms with E-state index in [1.54, 1.807) is 37.5 Å². The van der Waals surface area contributed by atoms with Gasteiger partial charge in [0.2, 0.25) is 0 Å². The van der Waals surface area contributed by atoms with Gasteiger partial charge in [0.25, 0.3) is 11.1 Å². The molecule has 1 aliphatic rings. The second-order valence-electron chi connectivity index (χ2n) is 7.85. The normalized spacial score (nSPS) is 14.2. The number of methoxy groups -OCH3 is 1. The van der Waals surface area contributed by atoms with Crippen LogP contribution in [0, 0.1) is 0 Å². The molecule has 0 bridgehead atoms. The maximum Gasteiger partial charge on any atom is 0.293 e. The lowest BCUT2D eigenvalue weighted by atomic mass is 10.1. The Labute approximate surface area is 224 Å². The Bertz CT molecular complexity index is 1310. The van der Waals surface area contributed by atoms with Crippen molar-refractivity contribution in [1.82, 2.24) is 4.90 Å². The Morgan fingerprint density at radius 3 is 2.38 bits per heavy atom. The van der Waals surface area contributed by atoms with Crippen LogP contribution in [-0.2, 0) is 11.4 Å². The van der Waals surface area contributed by atoms with Gasteiger partial charge in [-0.15, -0.1) is 0 Å². The number of hydrogen-bond acceptors (Lipinski definition) is 7. The average Bonchev–Trinajstić information content (AvgIpc) is 3.17. The molecule has 37 heavy (non-hydrogen) atoms. The van der Waals surface area contributed by atoms with Crippen LogP contribution in [0.3, 0.4) is 0 Å². The predicted molar refractivity (Wildman–Crippen MR) is 145 cm³/mol. The number of halogens is 1. The van der Waals surface area contributed by atoms with E-state index in [9.17, 15) is 9.59 Å². The smallest absolute Gasteiger partial charge is 0.293 e. The second kappa shape index (κ2) is 12.6. The van der Waals surface area contributed by atoms with Crippen molar-refractivity contribution in [3.05, 3.63) is 87.8 Å². The summed E-state index contributed by atoms with van der Waals surface area (Å²) in [6.07, 6.45) is 1.67. The summed E-state index contributed by atoms with van der Waals surface area (Å²) in [5.41, 5.74) is 1.57. The van der Waals surface area contributed by atoms with Crippen LogP contribution in [0.4, 0.5) is 4.79 Å². The van der Waals surface area contributed by atoms with Crippen molar-refractivity contribution in [1.29, 1.82) is 0 Å². The second-order valence-corrected chi connectivity index (χ2v) is 9.25. The average molecular weight is 540 g/mol. The van der Waals surface area contributed by atoms with E-state index in [2.05, 4.69) is 0 Å². The molecule has 7 nitrogen and oxygen atoms in total. The first-order valence-electron chi connectivity index (χ1n) is 11.6. The molecule has 4 rings (SSSR count). The van der Waals surface area contributed by atoms with Crippen LogP contribution < -0.4 is 18.9 Å². The van der Waals surface area contributed by atoms with Crippen molar-refractivity contribution in [2.75, 3.05) is 26.9 Å². The van der Waals surface area contributed by atoms with E-state index in [0.717, 1.165) is 17.3 Å². The molecule has 0 spiro atoms. The highest BCUT2D eigenvalue weighted by Gasteiger charge is 2.34.